The minimum absolute atomic E-state index is 0.0652. The molecular formula is C27H24N2O4S. The van der Waals surface area contributed by atoms with Gasteiger partial charge in [-0.15, -0.1) is 0 Å². The quantitative estimate of drug-likeness (QED) is 0.357. The summed E-state index contributed by atoms with van der Waals surface area (Å²) in [6.07, 6.45) is -0.859. The van der Waals surface area contributed by atoms with E-state index in [0.717, 1.165) is 16.3 Å². The highest BCUT2D eigenvalue weighted by Crippen LogP contribution is 2.23. The van der Waals surface area contributed by atoms with Crippen LogP contribution in [-0.2, 0) is 22.1 Å². The van der Waals surface area contributed by atoms with Crippen LogP contribution in [0.2, 0.25) is 0 Å². The van der Waals surface area contributed by atoms with Crippen LogP contribution >= 0.6 is 0 Å². The molecule has 1 N–H and O–H groups in total. The molecule has 5 rings (SSSR count). The van der Waals surface area contributed by atoms with E-state index in [2.05, 4.69) is 4.98 Å². The van der Waals surface area contributed by atoms with Crippen LogP contribution in [0.15, 0.2) is 102 Å². The number of fused-ring (bicyclic) bond motifs is 2. The SMILES string of the molecule is O=S(=O)(Cc1nc2ccccc2n1CC(O)COc1ccc2ccccc2c1)c1ccccc1. The molecule has 1 aromatic heterocycles. The number of ether oxygens (including phenoxy) is 1. The summed E-state index contributed by atoms with van der Waals surface area (Å²) in [4.78, 5) is 4.80. The predicted molar refractivity (Wildman–Crippen MR) is 133 cm³/mol. The Labute approximate surface area is 198 Å². The number of hydrogen-bond acceptors (Lipinski definition) is 5. The van der Waals surface area contributed by atoms with Crippen LogP contribution in [-0.4, -0.2) is 35.8 Å². The third kappa shape index (κ3) is 4.66. The zero-order valence-corrected chi connectivity index (χ0v) is 19.2. The van der Waals surface area contributed by atoms with Crippen LogP contribution in [0.1, 0.15) is 5.82 Å². The Kier molecular flexibility index (Phi) is 6.04. The predicted octanol–water partition coefficient (Wildman–Crippen LogP) is 4.60. The second-order valence-electron chi connectivity index (χ2n) is 8.17. The van der Waals surface area contributed by atoms with Crippen LogP contribution in [0.3, 0.4) is 0 Å². The average molecular weight is 473 g/mol. The van der Waals surface area contributed by atoms with E-state index in [1.165, 1.54) is 0 Å². The van der Waals surface area contributed by atoms with Crippen LogP contribution in [0.5, 0.6) is 5.75 Å². The van der Waals surface area contributed by atoms with Crippen LogP contribution < -0.4 is 4.74 Å². The fraction of sp³-hybridized carbons (Fsp3) is 0.148. The first kappa shape index (κ1) is 22.1. The van der Waals surface area contributed by atoms with E-state index in [1.54, 1.807) is 34.9 Å². The lowest BCUT2D eigenvalue weighted by molar-refractivity contribution is 0.0929. The van der Waals surface area contributed by atoms with Crippen molar-refractivity contribution < 1.29 is 18.3 Å². The molecule has 0 spiro atoms. The van der Waals surface area contributed by atoms with Crippen LogP contribution in [0.25, 0.3) is 21.8 Å². The van der Waals surface area contributed by atoms with Gasteiger partial charge in [-0.3, -0.25) is 0 Å². The van der Waals surface area contributed by atoms with Crippen molar-refractivity contribution in [2.24, 2.45) is 0 Å². The molecule has 1 heterocycles. The third-order valence-corrected chi connectivity index (χ3v) is 7.34. The molecule has 0 saturated heterocycles. The van der Waals surface area contributed by atoms with Gasteiger partial charge in [0.2, 0.25) is 0 Å². The Morgan fingerprint density at radius 2 is 1.56 bits per heavy atom. The molecule has 0 bridgehead atoms. The maximum absolute atomic E-state index is 13.0. The normalized spacial score (nSPS) is 12.7. The number of imidazole rings is 1. The third-order valence-electron chi connectivity index (χ3n) is 5.71. The molecule has 1 unspecified atom stereocenters. The van der Waals surface area contributed by atoms with Crippen molar-refractivity contribution in [3.8, 4) is 5.75 Å². The fourth-order valence-corrected chi connectivity index (χ4v) is 5.33. The number of para-hydroxylation sites is 2. The van der Waals surface area contributed by atoms with Gasteiger partial charge in [-0.25, -0.2) is 13.4 Å². The van der Waals surface area contributed by atoms with Gasteiger partial charge in [-0.2, -0.15) is 0 Å². The van der Waals surface area contributed by atoms with Gasteiger partial charge in [0.15, 0.2) is 9.84 Å². The topological polar surface area (TPSA) is 81.4 Å². The molecule has 172 valence electrons. The van der Waals surface area contributed by atoms with Crippen LogP contribution in [0.4, 0.5) is 0 Å². The molecule has 34 heavy (non-hydrogen) atoms. The Hall–Kier alpha value is -3.68. The molecule has 0 saturated carbocycles. The molecule has 0 fully saturated rings. The monoisotopic (exact) mass is 472 g/mol. The standard InChI is InChI=1S/C27H24N2O4S/c30-22(18-33-23-15-14-20-8-4-5-9-21(20)16-23)17-29-26-13-7-6-12-25(26)28-27(29)19-34(31,32)24-10-2-1-3-11-24/h1-16,22,30H,17-19H2. The summed E-state index contributed by atoms with van der Waals surface area (Å²) in [7, 11) is -3.59. The number of aliphatic hydroxyl groups excluding tert-OH is 1. The maximum atomic E-state index is 13.0. The summed E-state index contributed by atoms with van der Waals surface area (Å²) >= 11 is 0. The first-order chi connectivity index (χ1) is 16.5. The number of sulfone groups is 1. The highest BCUT2D eigenvalue weighted by molar-refractivity contribution is 7.90. The van der Waals surface area contributed by atoms with Crippen molar-refractivity contribution in [2.75, 3.05) is 6.61 Å². The van der Waals surface area contributed by atoms with Crippen molar-refractivity contribution >= 4 is 31.6 Å². The number of aliphatic hydroxyl groups is 1. The van der Waals surface area contributed by atoms with Gasteiger partial charge in [0.1, 0.15) is 30.0 Å². The molecule has 0 radical (unpaired) electrons. The summed E-state index contributed by atoms with van der Waals surface area (Å²) in [6.45, 7) is 0.226. The molecule has 4 aromatic carbocycles. The first-order valence-corrected chi connectivity index (χ1v) is 12.7. The largest absolute Gasteiger partial charge is 0.491 e. The maximum Gasteiger partial charge on any atom is 0.185 e. The molecule has 0 aliphatic heterocycles. The van der Waals surface area contributed by atoms with E-state index in [1.807, 2.05) is 66.7 Å². The lowest BCUT2D eigenvalue weighted by Crippen LogP contribution is -2.25. The van der Waals surface area contributed by atoms with E-state index in [4.69, 9.17) is 4.74 Å². The van der Waals surface area contributed by atoms with Crippen molar-refractivity contribution in [3.05, 3.63) is 103 Å². The zero-order chi connectivity index (χ0) is 23.5. The van der Waals surface area contributed by atoms with Crippen molar-refractivity contribution in [1.82, 2.24) is 9.55 Å². The highest BCUT2D eigenvalue weighted by Gasteiger charge is 2.22. The Balaban J connectivity index is 1.37. The van der Waals surface area contributed by atoms with E-state index < -0.39 is 15.9 Å². The van der Waals surface area contributed by atoms with E-state index in [-0.39, 0.29) is 23.8 Å². The van der Waals surface area contributed by atoms with Gasteiger partial charge in [-0.1, -0.05) is 60.7 Å². The van der Waals surface area contributed by atoms with Gasteiger partial charge in [0, 0.05) is 0 Å². The van der Waals surface area contributed by atoms with Crippen molar-refractivity contribution in [3.63, 3.8) is 0 Å². The Morgan fingerprint density at radius 3 is 2.38 bits per heavy atom. The van der Waals surface area contributed by atoms with Crippen LogP contribution in [0, 0.1) is 0 Å². The number of nitrogens with zero attached hydrogens (tertiary/aromatic N) is 2. The molecule has 6 nitrogen and oxygen atoms in total. The molecule has 0 amide bonds. The molecule has 7 heteroatoms. The van der Waals surface area contributed by atoms with Gasteiger partial charge in [0.05, 0.1) is 22.5 Å². The average Bonchev–Trinajstić information content (AvgIpc) is 3.19. The number of rotatable bonds is 8. The summed E-state index contributed by atoms with van der Waals surface area (Å²) in [5, 5.41) is 12.9. The van der Waals surface area contributed by atoms with E-state index >= 15 is 0 Å². The fourth-order valence-electron chi connectivity index (χ4n) is 4.03. The molecule has 5 aromatic rings. The summed E-state index contributed by atoms with van der Waals surface area (Å²) in [6, 6.07) is 29.5. The zero-order valence-electron chi connectivity index (χ0n) is 18.4. The van der Waals surface area contributed by atoms with Crippen molar-refractivity contribution in [2.45, 2.75) is 23.3 Å². The second-order valence-corrected chi connectivity index (χ2v) is 10.2. The summed E-state index contributed by atoms with van der Waals surface area (Å²) in [5.74, 6) is 0.791. The Bertz CT molecular complexity index is 1550. The molecular weight excluding hydrogens is 448 g/mol. The molecule has 1 atom stereocenters. The van der Waals surface area contributed by atoms with Gasteiger partial charge in [0.25, 0.3) is 0 Å². The smallest absolute Gasteiger partial charge is 0.185 e. The van der Waals surface area contributed by atoms with E-state index in [9.17, 15) is 13.5 Å². The summed E-state index contributed by atoms with van der Waals surface area (Å²) < 4.78 is 33.6. The minimum Gasteiger partial charge on any atom is -0.491 e. The number of hydrogen-bond donors (Lipinski definition) is 1. The summed E-state index contributed by atoms with van der Waals surface area (Å²) in [5.41, 5.74) is 1.45. The second kappa shape index (κ2) is 9.29. The Morgan fingerprint density at radius 1 is 0.853 bits per heavy atom. The number of benzene rings is 4. The highest BCUT2D eigenvalue weighted by atomic mass is 32.2. The molecule has 0 aliphatic carbocycles. The molecule has 0 aliphatic rings. The first-order valence-electron chi connectivity index (χ1n) is 11.0. The number of aromatic nitrogens is 2. The van der Waals surface area contributed by atoms with Gasteiger partial charge >= 0.3 is 0 Å². The minimum atomic E-state index is -3.59. The van der Waals surface area contributed by atoms with Crippen molar-refractivity contribution in [1.29, 1.82) is 0 Å². The lowest BCUT2D eigenvalue weighted by Gasteiger charge is -2.16. The van der Waals surface area contributed by atoms with Gasteiger partial charge in [-0.05, 0) is 47.2 Å². The van der Waals surface area contributed by atoms with E-state index in [0.29, 0.717) is 17.1 Å². The lowest BCUT2D eigenvalue weighted by atomic mass is 10.1. The van der Waals surface area contributed by atoms with Gasteiger partial charge < -0.3 is 14.4 Å².